The maximum atomic E-state index is 12.0. The van der Waals surface area contributed by atoms with E-state index in [4.69, 9.17) is 17.3 Å². The summed E-state index contributed by atoms with van der Waals surface area (Å²) in [4.78, 5) is 19.1. The Balaban J connectivity index is 1.73. The molecule has 0 spiro atoms. The molecule has 4 N–H and O–H groups in total. The number of nitrogens with two attached hydrogens (primary N) is 1. The normalized spacial score (nSPS) is 10.7. The number of aromatic amines is 1. The second kappa shape index (κ2) is 5.46. The molecular weight excluding hydrogens is 288 g/mol. The van der Waals surface area contributed by atoms with Crippen molar-refractivity contribution in [3.05, 3.63) is 53.1 Å². The maximum absolute atomic E-state index is 12.0. The number of anilines is 2. The number of H-pyrrole nitrogens is 1. The van der Waals surface area contributed by atoms with Gasteiger partial charge in [0.1, 0.15) is 0 Å². The summed E-state index contributed by atoms with van der Waals surface area (Å²) in [5.41, 5.74) is 8.70. The first kappa shape index (κ1) is 13.5. The van der Waals surface area contributed by atoms with Crippen molar-refractivity contribution in [2.45, 2.75) is 6.42 Å². The molecule has 3 rings (SSSR count). The Hall–Kier alpha value is -2.53. The van der Waals surface area contributed by atoms with Crippen LogP contribution in [0.15, 0.2) is 42.5 Å². The van der Waals surface area contributed by atoms with Gasteiger partial charge in [0.2, 0.25) is 5.91 Å². The van der Waals surface area contributed by atoms with Crippen LogP contribution >= 0.6 is 11.6 Å². The predicted octanol–water partition coefficient (Wildman–Crippen LogP) is 2.98. The number of hydrogen-bond donors (Lipinski definition) is 3. The van der Waals surface area contributed by atoms with E-state index in [-0.39, 0.29) is 12.3 Å². The number of amides is 1. The number of nitrogen functional groups attached to an aromatic ring is 1. The van der Waals surface area contributed by atoms with Crippen molar-refractivity contribution in [2.24, 2.45) is 0 Å². The van der Waals surface area contributed by atoms with Crippen molar-refractivity contribution in [1.29, 1.82) is 0 Å². The van der Waals surface area contributed by atoms with Crippen molar-refractivity contribution in [3.8, 4) is 0 Å². The van der Waals surface area contributed by atoms with Gasteiger partial charge in [-0.1, -0.05) is 23.7 Å². The summed E-state index contributed by atoms with van der Waals surface area (Å²) in [5.74, 6) is 0.247. The number of halogens is 1. The quantitative estimate of drug-likeness (QED) is 0.695. The van der Waals surface area contributed by atoms with E-state index < -0.39 is 0 Å². The van der Waals surface area contributed by atoms with Crippen molar-refractivity contribution < 1.29 is 4.79 Å². The van der Waals surface area contributed by atoms with E-state index in [1.807, 2.05) is 12.1 Å². The number of rotatable bonds is 3. The van der Waals surface area contributed by atoms with Crippen molar-refractivity contribution in [1.82, 2.24) is 9.97 Å². The highest BCUT2D eigenvalue weighted by Crippen LogP contribution is 2.18. The van der Waals surface area contributed by atoms with E-state index in [1.165, 1.54) is 0 Å². The number of hydrogen-bond acceptors (Lipinski definition) is 3. The molecule has 0 bridgehead atoms. The fraction of sp³-hybridized carbons (Fsp3) is 0.0667. The highest BCUT2D eigenvalue weighted by Gasteiger charge is 2.06. The van der Waals surface area contributed by atoms with Crippen LogP contribution in [0, 0.1) is 0 Å². The second-order valence-corrected chi connectivity index (χ2v) is 5.15. The molecule has 0 aliphatic heterocycles. The Morgan fingerprint density at radius 3 is 2.95 bits per heavy atom. The lowest BCUT2D eigenvalue weighted by Crippen LogP contribution is -2.14. The molecule has 1 aromatic heterocycles. The molecule has 21 heavy (non-hydrogen) atoms. The van der Waals surface area contributed by atoms with Crippen LogP contribution in [0.1, 0.15) is 5.56 Å². The van der Waals surface area contributed by atoms with E-state index >= 15 is 0 Å². The fourth-order valence-electron chi connectivity index (χ4n) is 2.14. The van der Waals surface area contributed by atoms with Crippen molar-refractivity contribution >= 4 is 40.2 Å². The lowest BCUT2D eigenvalue weighted by Gasteiger charge is -2.05. The molecule has 0 fully saturated rings. The smallest absolute Gasteiger partial charge is 0.228 e. The Morgan fingerprint density at radius 2 is 2.14 bits per heavy atom. The molecule has 0 radical (unpaired) electrons. The minimum absolute atomic E-state index is 0.107. The average molecular weight is 301 g/mol. The minimum Gasteiger partial charge on any atom is -0.369 e. The van der Waals surface area contributed by atoms with Gasteiger partial charge in [-0.05, 0) is 35.9 Å². The summed E-state index contributed by atoms with van der Waals surface area (Å²) in [6.07, 6.45) is 0.268. The highest BCUT2D eigenvalue weighted by molar-refractivity contribution is 6.30. The first-order valence-electron chi connectivity index (χ1n) is 6.40. The standard InChI is InChI=1S/C15H13ClN4O/c16-10-3-1-2-9(6-10)7-14(21)18-11-4-5-12-13(8-11)20-15(17)19-12/h1-6,8H,7H2,(H,18,21)(H3,17,19,20). The molecular formula is C15H13ClN4O. The van der Waals surface area contributed by atoms with Crippen LogP contribution in [0.3, 0.4) is 0 Å². The van der Waals surface area contributed by atoms with Gasteiger partial charge in [0, 0.05) is 10.7 Å². The average Bonchev–Trinajstić information content (AvgIpc) is 2.78. The molecule has 0 aliphatic rings. The van der Waals surface area contributed by atoms with Crippen molar-refractivity contribution in [3.63, 3.8) is 0 Å². The van der Waals surface area contributed by atoms with Crippen LogP contribution in [-0.2, 0) is 11.2 Å². The molecule has 1 heterocycles. The largest absolute Gasteiger partial charge is 0.369 e. The van der Waals surface area contributed by atoms with Crippen LogP contribution in [0.2, 0.25) is 5.02 Å². The number of carbonyl (C=O) groups excluding carboxylic acids is 1. The Morgan fingerprint density at radius 1 is 1.29 bits per heavy atom. The van der Waals surface area contributed by atoms with Crippen LogP contribution < -0.4 is 11.1 Å². The van der Waals surface area contributed by atoms with Gasteiger partial charge < -0.3 is 16.0 Å². The monoisotopic (exact) mass is 300 g/mol. The SMILES string of the molecule is Nc1nc2ccc(NC(=O)Cc3cccc(Cl)c3)cc2[nH]1. The molecule has 0 atom stereocenters. The van der Waals surface area contributed by atoms with E-state index in [0.29, 0.717) is 16.7 Å². The third-order valence-electron chi connectivity index (χ3n) is 3.04. The molecule has 5 nitrogen and oxygen atoms in total. The van der Waals surface area contributed by atoms with E-state index in [0.717, 1.165) is 16.6 Å². The van der Waals surface area contributed by atoms with Gasteiger partial charge in [0.15, 0.2) is 5.95 Å². The Bertz CT molecular complexity index is 812. The minimum atomic E-state index is -0.107. The Kier molecular flexibility index (Phi) is 3.50. The molecule has 6 heteroatoms. The predicted molar refractivity (Wildman–Crippen MR) is 84.3 cm³/mol. The number of nitrogens with zero attached hydrogens (tertiary/aromatic N) is 1. The van der Waals surface area contributed by atoms with Gasteiger partial charge in [-0.15, -0.1) is 0 Å². The van der Waals surface area contributed by atoms with Crippen LogP contribution in [0.4, 0.5) is 11.6 Å². The number of imidazole rings is 1. The third kappa shape index (κ3) is 3.14. The van der Waals surface area contributed by atoms with E-state index in [1.54, 1.807) is 30.3 Å². The number of fused-ring (bicyclic) bond motifs is 1. The maximum Gasteiger partial charge on any atom is 0.228 e. The molecule has 3 aromatic rings. The molecule has 1 amide bonds. The van der Waals surface area contributed by atoms with E-state index in [9.17, 15) is 4.79 Å². The summed E-state index contributed by atoms with van der Waals surface area (Å²) >= 11 is 5.90. The molecule has 106 valence electrons. The van der Waals surface area contributed by atoms with Gasteiger partial charge in [-0.25, -0.2) is 4.98 Å². The lowest BCUT2D eigenvalue weighted by atomic mass is 10.1. The molecule has 0 saturated carbocycles. The zero-order valence-electron chi connectivity index (χ0n) is 11.1. The summed E-state index contributed by atoms with van der Waals surface area (Å²) < 4.78 is 0. The number of nitrogens with one attached hydrogen (secondary N) is 2. The number of carbonyl (C=O) groups is 1. The summed E-state index contributed by atoms with van der Waals surface area (Å²) in [7, 11) is 0. The number of aromatic nitrogens is 2. The second-order valence-electron chi connectivity index (χ2n) is 4.71. The van der Waals surface area contributed by atoms with Crippen LogP contribution in [-0.4, -0.2) is 15.9 Å². The van der Waals surface area contributed by atoms with E-state index in [2.05, 4.69) is 15.3 Å². The summed E-state index contributed by atoms with van der Waals surface area (Å²) in [6, 6.07) is 12.6. The van der Waals surface area contributed by atoms with Gasteiger partial charge in [0.25, 0.3) is 0 Å². The van der Waals surface area contributed by atoms with Gasteiger partial charge in [0.05, 0.1) is 17.5 Å². The zero-order chi connectivity index (χ0) is 14.8. The highest BCUT2D eigenvalue weighted by atomic mass is 35.5. The first-order chi connectivity index (χ1) is 10.1. The topological polar surface area (TPSA) is 83.8 Å². The number of benzene rings is 2. The molecule has 0 aliphatic carbocycles. The summed E-state index contributed by atoms with van der Waals surface area (Å²) in [6.45, 7) is 0. The fourth-order valence-corrected chi connectivity index (χ4v) is 2.36. The molecule has 0 unspecified atom stereocenters. The van der Waals surface area contributed by atoms with Crippen LogP contribution in [0.5, 0.6) is 0 Å². The van der Waals surface area contributed by atoms with Gasteiger partial charge >= 0.3 is 0 Å². The summed E-state index contributed by atoms with van der Waals surface area (Å²) in [5, 5.41) is 3.46. The molecule has 2 aromatic carbocycles. The first-order valence-corrected chi connectivity index (χ1v) is 6.77. The molecule has 0 saturated heterocycles. The van der Waals surface area contributed by atoms with Gasteiger partial charge in [-0.3, -0.25) is 4.79 Å². The van der Waals surface area contributed by atoms with Crippen molar-refractivity contribution in [2.75, 3.05) is 11.1 Å². The lowest BCUT2D eigenvalue weighted by molar-refractivity contribution is -0.115. The van der Waals surface area contributed by atoms with Crippen LogP contribution in [0.25, 0.3) is 11.0 Å². The third-order valence-corrected chi connectivity index (χ3v) is 3.27. The Labute approximate surface area is 126 Å². The zero-order valence-corrected chi connectivity index (χ0v) is 11.8. The van der Waals surface area contributed by atoms with Gasteiger partial charge in [-0.2, -0.15) is 0 Å².